The Kier molecular flexibility index (Phi) is 6.12. The van der Waals surface area contributed by atoms with Crippen LogP contribution in [0.5, 0.6) is 0 Å². The Hall–Kier alpha value is -0.400. The molecule has 0 bridgehead atoms. The second-order valence-electron chi connectivity index (χ2n) is 8.98. The number of halogens is 2. The first-order valence-electron chi connectivity index (χ1n) is 9.78. The van der Waals surface area contributed by atoms with Gasteiger partial charge in [0.2, 0.25) is 0 Å². The van der Waals surface area contributed by atoms with Crippen LogP contribution in [0, 0.1) is 0 Å². The molecule has 2 aromatic carbocycles. The van der Waals surface area contributed by atoms with Crippen LogP contribution in [0.15, 0.2) is 59.8 Å². The fourth-order valence-electron chi connectivity index (χ4n) is 5.48. The van der Waals surface area contributed by atoms with Crippen molar-refractivity contribution in [2.24, 2.45) is 0 Å². The largest absolute Gasteiger partial charge is 1.00 e. The Morgan fingerprint density at radius 2 is 1.61 bits per heavy atom. The molecule has 1 aliphatic heterocycles. The summed E-state index contributed by atoms with van der Waals surface area (Å²) >= 11 is 1.67. The molecule has 28 heavy (non-hydrogen) atoms. The summed E-state index contributed by atoms with van der Waals surface area (Å²) in [5.41, 5.74) is 6.19. The van der Waals surface area contributed by atoms with Gasteiger partial charge < -0.3 is 24.8 Å². The van der Waals surface area contributed by atoms with Gasteiger partial charge in [-0.15, -0.1) is 0 Å². The summed E-state index contributed by atoms with van der Waals surface area (Å²) in [6, 6.07) is 18.2. The predicted molar refractivity (Wildman–Crippen MR) is 109 cm³/mol. The van der Waals surface area contributed by atoms with Crippen LogP contribution in [-0.2, 0) is 24.7 Å². The van der Waals surface area contributed by atoms with Crippen LogP contribution in [0.25, 0.3) is 11.3 Å². The van der Waals surface area contributed by atoms with Crippen molar-refractivity contribution in [1.29, 1.82) is 0 Å². The van der Waals surface area contributed by atoms with Crippen molar-refractivity contribution in [3.63, 3.8) is 0 Å². The molecule has 0 nitrogen and oxygen atoms in total. The third-order valence-electron chi connectivity index (χ3n) is 6.90. The van der Waals surface area contributed by atoms with E-state index in [-0.39, 0.29) is 24.8 Å². The fraction of sp³-hybridized carbons (Fsp3) is 0.333. The number of benzene rings is 2. The molecule has 1 heterocycles. The standard InChI is InChI=1S/C24H25Si.2ClH.Zr/c1-16(18-15-13-17-8-4-5-9-19(17)18)12-14-22-20-10-6-7-11-21(20)23-24(22)25(23,2)3;;;/h4-11,13,15,18,22H,12,14H2,1-3H3;2*1H;/q;;;+2/p-2. The Balaban J connectivity index is 0.00000112. The van der Waals surface area contributed by atoms with Crippen molar-refractivity contribution in [3.05, 3.63) is 82.1 Å². The first kappa shape index (κ1) is 22.3. The summed E-state index contributed by atoms with van der Waals surface area (Å²) in [5.74, 6) is 1.30. The van der Waals surface area contributed by atoms with E-state index in [1.165, 1.54) is 18.4 Å². The molecule has 5 rings (SSSR count). The molecule has 0 amide bonds. The van der Waals surface area contributed by atoms with E-state index in [1.807, 2.05) is 5.20 Å². The summed E-state index contributed by atoms with van der Waals surface area (Å²) in [4.78, 5) is 0. The maximum Gasteiger partial charge on any atom is -1.00 e. The first-order valence-corrected chi connectivity index (χ1v) is 14.0. The molecule has 0 radical (unpaired) electrons. The van der Waals surface area contributed by atoms with Crippen LogP contribution < -0.4 is 24.8 Å². The van der Waals surface area contributed by atoms with E-state index < -0.39 is 8.07 Å². The quantitative estimate of drug-likeness (QED) is 0.538. The topological polar surface area (TPSA) is 0 Å². The van der Waals surface area contributed by atoms with Crippen molar-refractivity contribution >= 4 is 19.3 Å². The third-order valence-corrected chi connectivity index (χ3v) is 11.8. The van der Waals surface area contributed by atoms with Crippen molar-refractivity contribution in [1.82, 2.24) is 0 Å². The molecule has 143 valence electrons. The van der Waals surface area contributed by atoms with Gasteiger partial charge in [0.15, 0.2) is 0 Å². The van der Waals surface area contributed by atoms with Crippen LogP contribution >= 0.6 is 0 Å². The molecule has 0 fully saturated rings. The van der Waals surface area contributed by atoms with Crippen molar-refractivity contribution in [2.45, 2.75) is 47.8 Å². The molecule has 0 saturated carbocycles. The molecule has 0 aromatic heterocycles. The van der Waals surface area contributed by atoms with E-state index in [1.54, 1.807) is 46.6 Å². The van der Waals surface area contributed by atoms with E-state index in [4.69, 9.17) is 0 Å². The zero-order valence-electron chi connectivity index (χ0n) is 16.6. The maximum absolute atomic E-state index is 2.55. The summed E-state index contributed by atoms with van der Waals surface area (Å²) in [6.07, 6.45) is 7.43. The Bertz CT molecular complexity index is 974. The van der Waals surface area contributed by atoms with E-state index in [2.05, 4.69) is 80.7 Å². The van der Waals surface area contributed by atoms with Gasteiger partial charge in [-0.25, -0.2) is 0 Å². The molecule has 0 N–H and O–H groups in total. The monoisotopic (exact) mass is 501 g/mol. The molecule has 4 heteroatoms. The summed E-state index contributed by atoms with van der Waals surface area (Å²) in [7, 11) is -1.18. The van der Waals surface area contributed by atoms with Crippen LogP contribution in [0.4, 0.5) is 0 Å². The average molecular weight is 504 g/mol. The van der Waals surface area contributed by atoms with Crippen LogP contribution in [0.2, 0.25) is 16.2 Å². The van der Waals surface area contributed by atoms with E-state index >= 15 is 0 Å². The van der Waals surface area contributed by atoms with Gasteiger partial charge in [-0.05, 0) is 0 Å². The van der Waals surface area contributed by atoms with Gasteiger partial charge in [-0.3, -0.25) is 0 Å². The third kappa shape index (κ3) is 3.29. The van der Waals surface area contributed by atoms with Crippen molar-refractivity contribution in [2.75, 3.05) is 0 Å². The number of hydrogen-bond acceptors (Lipinski definition) is 0. The molecular weight excluding hydrogens is 478 g/mol. The van der Waals surface area contributed by atoms with Gasteiger partial charge in [0.25, 0.3) is 0 Å². The molecule has 3 unspecified atom stereocenters. The molecular formula is C24H25Cl2SiZr. The minimum absolute atomic E-state index is 0. The first-order chi connectivity index (χ1) is 12.4. The molecule has 3 atom stereocenters. The predicted octanol–water partition coefficient (Wildman–Crippen LogP) is 0.662. The SMILES string of the molecule is C[C]([Zr+2])(CCC1C2=C(c3ccccc31)[Si]2(C)C)C1C=Cc2ccccc21.[Cl-].[Cl-]. The summed E-state index contributed by atoms with van der Waals surface area (Å²) in [5, 5.41) is 3.66. The molecule has 2 aliphatic carbocycles. The minimum atomic E-state index is -1.18. The number of hydrogen-bond donors (Lipinski definition) is 0. The van der Waals surface area contributed by atoms with Crippen LogP contribution in [-0.4, -0.2) is 8.07 Å². The maximum atomic E-state index is 2.55. The zero-order chi connectivity index (χ0) is 18.1. The second kappa shape index (κ2) is 7.69. The Morgan fingerprint density at radius 3 is 2.36 bits per heavy atom. The zero-order valence-corrected chi connectivity index (χ0v) is 21.6. The van der Waals surface area contributed by atoms with Crippen molar-refractivity contribution < 1.29 is 49.5 Å². The van der Waals surface area contributed by atoms with E-state index in [9.17, 15) is 0 Å². The molecule has 2 aromatic rings. The Morgan fingerprint density at radius 1 is 0.964 bits per heavy atom. The summed E-state index contributed by atoms with van der Waals surface area (Å²) < 4.78 is 0.384. The van der Waals surface area contributed by atoms with Crippen molar-refractivity contribution in [3.8, 4) is 0 Å². The minimum Gasteiger partial charge on any atom is -1.00 e. The number of fused-ring (bicyclic) bond motifs is 3. The smallest absolute Gasteiger partial charge is 1.00 e. The van der Waals surface area contributed by atoms with Gasteiger partial charge in [0.05, 0.1) is 0 Å². The van der Waals surface area contributed by atoms with E-state index in [0.717, 1.165) is 0 Å². The normalized spacial score (nSPS) is 24.5. The van der Waals surface area contributed by atoms with Gasteiger partial charge in [0.1, 0.15) is 0 Å². The van der Waals surface area contributed by atoms with Crippen LogP contribution in [0.1, 0.15) is 53.9 Å². The van der Waals surface area contributed by atoms with Gasteiger partial charge >= 0.3 is 174 Å². The van der Waals surface area contributed by atoms with Gasteiger partial charge in [0, 0.05) is 0 Å². The number of rotatable bonds is 4. The Labute approximate surface area is 197 Å². The molecule has 3 aliphatic rings. The number of allylic oxidation sites excluding steroid dienone is 2. The average Bonchev–Trinajstić information content (AvgIpc) is 2.97. The fourth-order valence-corrected chi connectivity index (χ4v) is 10.6. The van der Waals surface area contributed by atoms with Gasteiger partial charge in [-0.2, -0.15) is 0 Å². The second-order valence-corrected chi connectivity index (χ2v) is 16.1. The van der Waals surface area contributed by atoms with Crippen LogP contribution in [0.3, 0.4) is 0 Å². The molecule has 0 saturated heterocycles. The summed E-state index contributed by atoms with van der Waals surface area (Å²) in [6.45, 7) is 7.61. The molecule has 0 spiro atoms. The van der Waals surface area contributed by atoms with E-state index in [0.29, 0.717) is 15.0 Å². The van der Waals surface area contributed by atoms with Gasteiger partial charge in [-0.1, -0.05) is 0 Å².